The van der Waals surface area contributed by atoms with Gasteiger partial charge in [0.05, 0.1) is 26.0 Å². The molecule has 7 nitrogen and oxygen atoms in total. The maximum absolute atomic E-state index is 9.27. The molecule has 0 bridgehead atoms. The summed E-state index contributed by atoms with van der Waals surface area (Å²) in [6.07, 6.45) is 2.28. The number of methoxy groups -OCH3 is 1. The Bertz CT molecular complexity index is 746. The number of aromatic nitrogens is 2. The van der Waals surface area contributed by atoms with Crippen LogP contribution in [-0.4, -0.2) is 34.8 Å². The van der Waals surface area contributed by atoms with Gasteiger partial charge in [-0.25, -0.2) is 4.98 Å². The molecule has 0 aliphatic carbocycles. The molecule has 1 heterocycles. The van der Waals surface area contributed by atoms with Crippen molar-refractivity contribution in [1.29, 1.82) is 0 Å². The van der Waals surface area contributed by atoms with E-state index < -0.39 is 0 Å². The zero-order valence-electron chi connectivity index (χ0n) is 16.0. The van der Waals surface area contributed by atoms with Crippen LogP contribution in [0.2, 0.25) is 0 Å². The van der Waals surface area contributed by atoms with Gasteiger partial charge >= 0.3 is 0 Å². The molecule has 1 aromatic heterocycles. The van der Waals surface area contributed by atoms with E-state index in [1.54, 1.807) is 7.11 Å². The van der Waals surface area contributed by atoms with Gasteiger partial charge in [0, 0.05) is 6.07 Å². The molecule has 26 heavy (non-hydrogen) atoms. The summed E-state index contributed by atoms with van der Waals surface area (Å²) in [5.74, 6) is 2.65. The summed E-state index contributed by atoms with van der Waals surface area (Å²) in [5, 5.41) is 12.3. The number of nitrogens with one attached hydrogen (secondary N) is 1. The van der Waals surface area contributed by atoms with Crippen LogP contribution in [-0.2, 0) is 0 Å². The van der Waals surface area contributed by atoms with Gasteiger partial charge in [0.25, 0.3) is 0 Å². The van der Waals surface area contributed by atoms with Crippen LogP contribution in [0.5, 0.6) is 17.2 Å². The molecule has 7 heteroatoms. The highest BCUT2D eigenvalue weighted by Gasteiger charge is 2.16. The summed E-state index contributed by atoms with van der Waals surface area (Å²) in [5.41, 5.74) is 8.14. The van der Waals surface area contributed by atoms with Crippen LogP contribution in [0.25, 0.3) is 0 Å². The van der Waals surface area contributed by atoms with Gasteiger partial charge in [-0.05, 0) is 36.5 Å². The molecule has 142 valence electrons. The largest absolute Gasteiger partial charge is 0.496 e. The van der Waals surface area contributed by atoms with Crippen LogP contribution in [0, 0.1) is 6.92 Å². The second-order valence-electron chi connectivity index (χ2n) is 6.49. The van der Waals surface area contributed by atoms with Crippen LogP contribution in [0.1, 0.15) is 44.2 Å². The zero-order valence-corrected chi connectivity index (χ0v) is 16.0. The predicted octanol–water partition coefficient (Wildman–Crippen LogP) is 3.47. The maximum atomic E-state index is 9.27. The van der Waals surface area contributed by atoms with Crippen LogP contribution in [0.4, 0.5) is 11.8 Å². The van der Waals surface area contributed by atoms with Crippen molar-refractivity contribution >= 4 is 11.8 Å². The maximum Gasteiger partial charge on any atom is 0.225 e. The van der Waals surface area contributed by atoms with E-state index in [9.17, 15) is 5.11 Å². The van der Waals surface area contributed by atoms with Crippen molar-refractivity contribution < 1.29 is 14.6 Å². The third-order valence-electron chi connectivity index (χ3n) is 4.20. The number of nitrogens with zero attached hydrogens (tertiary/aromatic N) is 2. The molecule has 0 aliphatic heterocycles. The Labute approximate surface area is 154 Å². The fourth-order valence-corrected chi connectivity index (χ4v) is 2.56. The van der Waals surface area contributed by atoms with Crippen molar-refractivity contribution in [3.8, 4) is 17.2 Å². The smallest absolute Gasteiger partial charge is 0.225 e. The van der Waals surface area contributed by atoms with Gasteiger partial charge in [-0.3, -0.25) is 0 Å². The quantitative estimate of drug-likeness (QED) is 0.662. The molecule has 2 aromatic rings. The first kappa shape index (κ1) is 19.8. The number of aliphatic hydroxyl groups is 1. The van der Waals surface area contributed by atoms with E-state index in [0.29, 0.717) is 17.4 Å². The molecular weight excluding hydrogens is 332 g/mol. The van der Waals surface area contributed by atoms with E-state index in [1.165, 1.54) is 6.20 Å². The first-order valence-electron chi connectivity index (χ1n) is 8.75. The van der Waals surface area contributed by atoms with Crippen molar-refractivity contribution in [3.63, 3.8) is 0 Å². The predicted molar refractivity (Wildman–Crippen MR) is 103 cm³/mol. The topological polar surface area (TPSA) is 103 Å². The average molecular weight is 360 g/mol. The Hall–Kier alpha value is -2.54. The van der Waals surface area contributed by atoms with Gasteiger partial charge in [0.1, 0.15) is 11.5 Å². The number of aryl methyl sites for hydroxylation is 1. The molecule has 1 unspecified atom stereocenters. The SMILES string of the molecule is CCC(CO)Nc1ncc(Oc2cc(OC)c(C)cc2C(C)C)c(N)n1. The van der Waals surface area contributed by atoms with Crippen molar-refractivity contribution in [2.75, 3.05) is 24.8 Å². The van der Waals surface area contributed by atoms with Crippen molar-refractivity contribution in [2.45, 2.75) is 46.1 Å². The molecule has 1 aromatic carbocycles. The van der Waals surface area contributed by atoms with Gasteiger partial charge in [0.2, 0.25) is 5.95 Å². The molecule has 0 amide bonds. The first-order valence-corrected chi connectivity index (χ1v) is 8.75. The summed E-state index contributed by atoms with van der Waals surface area (Å²) >= 11 is 0. The number of hydrogen-bond donors (Lipinski definition) is 3. The number of nitrogens with two attached hydrogens (primary N) is 1. The van der Waals surface area contributed by atoms with Crippen molar-refractivity contribution in [3.05, 3.63) is 29.5 Å². The standard InChI is InChI=1S/C19H28N4O3/c1-6-13(10-24)22-19-21-9-17(18(20)23-19)26-16-8-15(25-5)12(4)7-14(16)11(2)3/h7-9,11,13,24H,6,10H2,1-5H3,(H3,20,21,22,23). The highest BCUT2D eigenvalue weighted by atomic mass is 16.5. The van der Waals surface area contributed by atoms with E-state index in [4.69, 9.17) is 15.2 Å². The number of rotatable bonds is 8. The lowest BCUT2D eigenvalue weighted by Crippen LogP contribution is -2.24. The summed E-state index contributed by atoms with van der Waals surface area (Å²) in [7, 11) is 1.63. The molecule has 0 radical (unpaired) electrons. The van der Waals surface area contributed by atoms with Crippen molar-refractivity contribution in [1.82, 2.24) is 9.97 Å². The monoisotopic (exact) mass is 360 g/mol. The average Bonchev–Trinajstić information content (AvgIpc) is 2.62. The third-order valence-corrected chi connectivity index (χ3v) is 4.20. The van der Waals surface area contributed by atoms with Crippen LogP contribution in [0.3, 0.4) is 0 Å². The van der Waals surface area contributed by atoms with Crippen molar-refractivity contribution in [2.24, 2.45) is 0 Å². The lowest BCUT2D eigenvalue weighted by molar-refractivity contribution is 0.271. The summed E-state index contributed by atoms with van der Waals surface area (Å²) in [6.45, 7) is 8.16. The summed E-state index contributed by atoms with van der Waals surface area (Å²) < 4.78 is 11.4. The molecule has 0 saturated carbocycles. The Morgan fingerprint density at radius 3 is 2.50 bits per heavy atom. The number of anilines is 2. The molecule has 2 rings (SSSR count). The van der Waals surface area contributed by atoms with E-state index in [-0.39, 0.29) is 24.4 Å². The number of hydrogen-bond acceptors (Lipinski definition) is 7. The van der Waals surface area contributed by atoms with Gasteiger partial charge < -0.3 is 25.6 Å². The molecule has 1 atom stereocenters. The number of aliphatic hydroxyl groups excluding tert-OH is 1. The second-order valence-corrected chi connectivity index (χ2v) is 6.49. The van der Waals surface area contributed by atoms with E-state index in [2.05, 4.69) is 35.2 Å². The fraction of sp³-hybridized carbons (Fsp3) is 0.474. The van der Waals surface area contributed by atoms with Gasteiger partial charge in [-0.2, -0.15) is 4.98 Å². The minimum atomic E-state index is -0.116. The fourth-order valence-electron chi connectivity index (χ4n) is 2.56. The molecule has 0 fully saturated rings. The van der Waals surface area contributed by atoms with E-state index in [0.717, 1.165) is 23.3 Å². The van der Waals surface area contributed by atoms with E-state index >= 15 is 0 Å². The molecule has 0 saturated heterocycles. The lowest BCUT2D eigenvalue weighted by Gasteiger charge is -2.18. The third kappa shape index (κ3) is 4.54. The number of nitrogen functional groups attached to an aromatic ring is 1. The molecule has 0 aliphatic rings. The molecule has 4 N–H and O–H groups in total. The van der Waals surface area contributed by atoms with Crippen LogP contribution >= 0.6 is 0 Å². The summed E-state index contributed by atoms with van der Waals surface area (Å²) in [6, 6.07) is 3.80. The summed E-state index contributed by atoms with van der Waals surface area (Å²) in [4.78, 5) is 8.46. The van der Waals surface area contributed by atoms with Crippen LogP contribution in [0.15, 0.2) is 18.3 Å². The van der Waals surface area contributed by atoms with Gasteiger partial charge in [0.15, 0.2) is 11.6 Å². The number of ether oxygens (including phenoxy) is 2. The lowest BCUT2D eigenvalue weighted by atomic mass is 9.99. The normalized spacial score (nSPS) is 12.1. The Kier molecular flexibility index (Phi) is 6.63. The Balaban J connectivity index is 2.31. The minimum Gasteiger partial charge on any atom is -0.496 e. The van der Waals surface area contributed by atoms with Gasteiger partial charge in [-0.1, -0.05) is 20.8 Å². The Morgan fingerprint density at radius 2 is 1.96 bits per heavy atom. The second kappa shape index (κ2) is 8.71. The Morgan fingerprint density at radius 1 is 1.23 bits per heavy atom. The molecule has 0 spiro atoms. The van der Waals surface area contributed by atoms with E-state index in [1.807, 2.05) is 19.9 Å². The van der Waals surface area contributed by atoms with Gasteiger partial charge in [-0.15, -0.1) is 0 Å². The highest BCUT2D eigenvalue weighted by Crippen LogP contribution is 2.37. The molecular formula is C19H28N4O3. The van der Waals surface area contributed by atoms with Crippen LogP contribution < -0.4 is 20.5 Å². The first-order chi connectivity index (χ1) is 12.4. The minimum absolute atomic E-state index is 0.00107. The zero-order chi connectivity index (χ0) is 19.3. The highest BCUT2D eigenvalue weighted by molar-refractivity contribution is 5.53. The number of benzene rings is 1.